The van der Waals surface area contributed by atoms with Gasteiger partial charge in [0.05, 0.1) is 12.7 Å². The number of carbonyl (C=O) groups is 2. The van der Waals surface area contributed by atoms with E-state index in [4.69, 9.17) is 9.84 Å². The van der Waals surface area contributed by atoms with Crippen LogP contribution in [0.2, 0.25) is 0 Å². The van der Waals surface area contributed by atoms with Crippen molar-refractivity contribution in [3.05, 3.63) is 64.7 Å². The van der Waals surface area contributed by atoms with Gasteiger partial charge in [-0.25, -0.2) is 4.79 Å². The number of hydrogen-bond donors (Lipinski definition) is 2. The Balaban J connectivity index is 1.57. The van der Waals surface area contributed by atoms with Crippen LogP contribution in [0.1, 0.15) is 78.3 Å². The zero-order valence-corrected chi connectivity index (χ0v) is 22.0. The molecule has 1 aliphatic carbocycles. The summed E-state index contributed by atoms with van der Waals surface area (Å²) in [6.07, 6.45) is 5.58. The molecule has 1 fully saturated rings. The highest BCUT2D eigenvalue weighted by Crippen LogP contribution is 2.44. The number of amides is 1. The molecule has 0 saturated heterocycles. The van der Waals surface area contributed by atoms with Gasteiger partial charge in [0, 0.05) is 30.1 Å². The molecule has 2 atom stereocenters. The van der Waals surface area contributed by atoms with Crippen LogP contribution in [-0.4, -0.2) is 54.7 Å². The molecule has 2 aromatic rings. The number of rotatable bonds is 9. The summed E-state index contributed by atoms with van der Waals surface area (Å²) in [6.45, 7) is 9.74. The molecule has 0 aromatic heterocycles. The van der Waals surface area contributed by atoms with Crippen LogP contribution in [0.5, 0.6) is 5.75 Å². The van der Waals surface area contributed by atoms with Crippen molar-refractivity contribution in [2.75, 3.05) is 26.7 Å². The first-order chi connectivity index (χ1) is 17.2. The van der Waals surface area contributed by atoms with Gasteiger partial charge in [0.15, 0.2) is 0 Å². The fourth-order valence-corrected chi connectivity index (χ4v) is 5.79. The summed E-state index contributed by atoms with van der Waals surface area (Å²) in [5.74, 6) is 0.939. The highest BCUT2D eigenvalue weighted by Gasteiger charge is 2.40. The molecule has 2 N–H and O–H groups in total. The van der Waals surface area contributed by atoms with E-state index in [9.17, 15) is 9.59 Å². The van der Waals surface area contributed by atoms with Gasteiger partial charge in [-0.3, -0.25) is 4.79 Å². The third-order valence-electron chi connectivity index (χ3n) is 8.38. The summed E-state index contributed by atoms with van der Waals surface area (Å²) < 4.78 is 5.64. The van der Waals surface area contributed by atoms with E-state index in [2.05, 4.69) is 49.2 Å². The van der Waals surface area contributed by atoms with Gasteiger partial charge >= 0.3 is 5.97 Å². The molecule has 1 heterocycles. The normalized spacial score (nSPS) is 22.4. The molecule has 1 unspecified atom stereocenters. The molecule has 2 aliphatic rings. The lowest BCUT2D eigenvalue weighted by Gasteiger charge is -2.45. The summed E-state index contributed by atoms with van der Waals surface area (Å²) >= 11 is 0. The third kappa shape index (κ3) is 5.75. The minimum absolute atomic E-state index is 0.0910. The monoisotopic (exact) mass is 492 g/mol. The van der Waals surface area contributed by atoms with Gasteiger partial charge in [0.2, 0.25) is 0 Å². The fourth-order valence-electron chi connectivity index (χ4n) is 5.79. The predicted octanol–water partition coefficient (Wildman–Crippen LogP) is 5.15. The zero-order chi connectivity index (χ0) is 25.9. The topological polar surface area (TPSA) is 78.9 Å². The Morgan fingerprint density at radius 1 is 1.14 bits per heavy atom. The summed E-state index contributed by atoms with van der Waals surface area (Å²) in [5, 5.41) is 12.2. The average molecular weight is 493 g/mol. The summed E-state index contributed by atoms with van der Waals surface area (Å²) in [4.78, 5) is 26.7. The van der Waals surface area contributed by atoms with Crippen LogP contribution in [0.3, 0.4) is 0 Å². The first-order valence-electron chi connectivity index (χ1n) is 13.3. The Hall–Kier alpha value is -2.86. The lowest BCUT2D eigenvalue weighted by molar-refractivity contribution is 0.0696. The maximum Gasteiger partial charge on any atom is 0.335 e. The highest BCUT2D eigenvalue weighted by atomic mass is 16.5. The Morgan fingerprint density at radius 3 is 2.44 bits per heavy atom. The molecule has 1 amide bonds. The molecule has 1 aliphatic heterocycles. The molecule has 2 aromatic carbocycles. The third-order valence-corrected chi connectivity index (χ3v) is 8.38. The summed E-state index contributed by atoms with van der Waals surface area (Å²) in [6, 6.07) is 13.1. The smallest absolute Gasteiger partial charge is 0.335 e. The van der Waals surface area contributed by atoms with E-state index in [0.29, 0.717) is 24.1 Å². The molecule has 0 bridgehead atoms. The average Bonchev–Trinajstić information content (AvgIpc) is 3.68. The lowest BCUT2D eigenvalue weighted by Crippen LogP contribution is -2.46. The number of aromatic carboxylic acids is 1. The van der Waals surface area contributed by atoms with E-state index in [-0.39, 0.29) is 16.9 Å². The van der Waals surface area contributed by atoms with Gasteiger partial charge in [-0.05, 0) is 105 Å². The highest BCUT2D eigenvalue weighted by molar-refractivity contribution is 5.95. The second-order valence-corrected chi connectivity index (χ2v) is 11.0. The van der Waals surface area contributed by atoms with Crippen molar-refractivity contribution in [1.82, 2.24) is 10.2 Å². The Kier molecular flexibility index (Phi) is 8.04. The van der Waals surface area contributed by atoms with Crippen molar-refractivity contribution in [1.29, 1.82) is 0 Å². The van der Waals surface area contributed by atoms with Gasteiger partial charge in [0.1, 0.15) is 5.75 Å². The molecule has 4 rings (SSSR count). The number of benzene rings is 2. The summed E-state index contributed by atoms with van der Waals surface area (Å²) in [5.41, 5.74) is 3.30. The van der Waals surface area contributed by atoms with Crippen LogP contribution < -0.4 is 10.1 Å². The number of fused-ring (bicyclic) bond motifs is 1. The van der Waals surface area contributed by atoms with E-state index in [1.165, 1.54) is 42.6 Å². The lowest BCUT2D eigenvalue weighted by atomic mass is 9.64. The van der Waals surface area contributed by atoms with Crippen LogP contribution in [0.25, 0.3) is 0 Å². The first-order valence-corrected chi connectivity index (χ1v) is 13.3. The van der Waals surface area contributed by atoms with Gasteiger partial charge in [0.25, 0.3) is 5.91 Å². The van der Waals surface area contributed by atoms with E-state index < -0.39 is 5.97 Å². The number of carbonyl (C=O) groups excluding carboxylic acids is 1. The van der Waals surface area contributed by atoms with Gasteiger partial charge in [-0.15, -0.1) is 0 Å². The molecule has 36 heavy (non-hydrogen) atoms. The van der Waals surface area contributed by atoms with Crippen LogP contribution >= 0.6 is 0 Å². The Morgan fingerprint density at radius 2 is 1.83 bits per heavy atom. The van der Waals surface area contributed by atoms with Crippen molar-refractivity contribution in [3.8, 4) is 5.75 Å². The Bertz CT molecular complexity index is 1080. The predicted molar refractivity (Wildman–Crippen MR) is 142 cm³/mol. The Labute approximate surface area is 215 Å². The number of ether oxygens (including phenoxy) is 1. The number of carboxylic acid groups (broad SMARTS) is 1. The molecule has 0 radical (unpaired) electrons. The van der Waals surface area contributed by atoms with Crippen molar-refractivity contribution in [3.63, 3.8) is 0 Å². The number of carboxylic acids is 1. The molecule has 0 spiro atoms. The maximum atomic E-state index is 12.8. The zero-order valence-electron chi connectivity index (χ0n) is 22.0. The van der Waals surface area contributed by atoms with Crippen molar-refractivity contribution >= 4 is 11.9 Å². The largest absolute Gasteiger partial charge is 0.497 e. The number of hydrogen-bond acceptors (Lipinski definition) is 4. The van der Waals surface area contributed by atoms with Crippen molar-refractivity contribution < 1.29 is 19.4 Å². The van der Waals surface area contributed by atoms with E-state index >= 15 is 0 Å². The molecule has 6 nitrogen and oxygen atoms in total. The first kappa shape index (κ1) is 26.2. The number of nitrogens with zero attached hydrogens (tertiary/aromatic N) is 1. The minimum atomic E-state index is -0.996. The molecule has 6 heteroatoms. The summed E-state index contributed by atoms with van der Waals surface area (Å²) in [7, 11) is 1.72. The van der Waals surface area contributed by atoms with Gasteiger partial charge in [-0.1, -0.05) is 19.9 Å². The fraction of sp³-hybridized carbons (Fsp3) is 0.533. The maximum absolute atomic E-state index is 12.8. The second-order valence-electron chi connectivity index (χ2n) is 11.0. The van der Waals surface area contributed by atoms with Crippen molar-refractivity contribution in [2.45, 2.75) is 64.3 Å². The molecular weight excluding hydrogens is 452 g/mol. The van der Waals surface area contributed by atoms with E-state index in [0.717, 1.165) is 37.5 Å². The second kappa shape index (κ2) is 11.0. The van der Waals surface area contributed by atoms with Crippen LogP contribution in [0, 0.1) is 11.8 Å². The van der Waals surface area contributed by atoms with E-state index in [1.807, 2.05) is 0 Å². The molecule has 194 valence electrons. The standard InChI is InChI=1S/C30H40N2O4/c1-20(2)30(13-15-31-28(33)23-7-9-24(10-8-23)29(34)35)14-16-32(19-22-5-6-22)21(3)17-25-11-12-26(36-4)18-27(25)30/h7-12,18,20-22H,5-6,13-17,19H2,1-4H3,(H,31,33)(H,34,35)/t21?,30-/m0/s1. The number of nitrogens with one attached hydrogen (secondary N) is 1. The van der Waals surface area contributed by atoms with E-state index in [1.54, 1.807) is 19.2 Å². The SMILES string of the molecule is COc1ccc2c(c1)[C@](CCNC(=O)c1ccc(C(=O)O)cc1)(C(C)C)CCN(CC1CC1)C(C)C2. The number of methoxy groups -OCH3 is 1. The van der Waals surface area contributed by atoms with Crippen molar-refractivity contribution in [2.24, 2.45) is 11.8 Å². The quantitative estimate of drug-likeness (QED) is 0.506. The van der Waals surface area contributed by atoms with Gasteiger partial charge in [-0.2, -0.15) is 0 Å². The molecule has 1 saturated carbocycles. The van der Waals surface area contributed by atoms with Crippen LogP contribution in [-0.2, 0) is 11.8 Å². The van der Waals surface area contributed by atoms with Crippen LogP contribution in [0.15, 0.2) is 42.5 Å². The minimum Gasteiger partial charge on any atom is -0.497 e. The van der Waals surface area contributed by atoms with Gasteiger partial charge < -0.3 is 20.1 Å². The molecular formula is C30H40N2O4. The van der Waals surface area contributed by atoms with Crippen LogP contribution in [0.4, 0.5) is 0 Å².